The van der Waals surface area contributed by atoms with Gasteiger partial charge in [0, 0.05) is 93.3 Å². The van der Waals surface area contributed by atoms with E-state index >= 15 is 0 Å². The van der Waals surface area contributed by atoms with Gasteiger partial charge < -0.3 is 42.9 Å². The number of hydrogen-bond acceptors (Lipinski definition) is 11. The highest BCUT2D eigenvalue weighted by atomic mass is 28.4. The van der Waals surface area contributed by atoms with Crippen molar-refractivity contribution in [2.75, 3.05) is 133 Å². The van der Waals surface area contributed by atoms with E-state index in [0.717, 1.165) is 45.7 Å². The molecule has 1 heterocycles. The molecule has 1 atom stereocenters. The third-order valence-corrected chi connectivity index (χ3v) is 11.5. The van der Waals surface area contributed by atoms with Crippen molar-refractivity contribution in [3.8, 4) is 0 Å². The van der Waals surface area contributed by atoms with E-state index in [1.54, 1.807) is 38.0 Å². The van der Waals surface area contributed by atoms with Crippen LogP contribution in [0.2, 0.25) is 6.04 Å². The molecule has 0 aromatic carbocycles. The van der Waals surface area contributed by atoms with Crippen molar-refractivity contribution in [1.82, 2.24) is 34.7 Å². The van der Waals surface area contributed by atoms with Crippen molar-refractivity contribution >= 4 is 26.7 Å². The fourth-order valence-electron chi connectivity index (χ4n) is 5.48. The van der Waals surface area contributed by atoms with Crippen LogP contribution in [0.3, 0.4) is 0 Å². The fourth-order valence-corrected chi connectivity index (χ4v) is 8.09. The number of likely N-dealkylation sites (N-methyl/N-ethyl adjacent to an activating group) is 4. The molecule has 276 valence electrons. The van der Waals surface area contributed by atoms with E-state index in [2.05, 4.69) is 38.8 Å². The minimum Gasteiger partial charge on any atom is -0.448 e. The van der Waals surface area contributed by atoms with Crippen molar-refractivity contribution < 1.29 is 32.4 Å². The van der Waals surface area contributed by atoms with Gasteiger partial charge in [0.2, 0.25) is 11.8 Å². The van der Waals surface area contributed by atoms with E-state index < -0.39 is 14.9 Å². The molecule has 1 fully saturated rings. The van der Waals surface area contributed by atoms with Gasteiger partial charge in [-0.1, -0.05) is 13.8 Å². The molecule has 1 unspecified atom stereocenters. The normalized spacial score (nSPS) is 18.5. The third kappa shape index (κ3) is 17.4. The summed E-state index contributed by atoms with van der Waals surface area (Å²) in [6.45, 7) is 19.8. The molecule has 0 radical (unpaired) electrons. The predicted molar refractivity (Wildman–Crippen MR) is 187 cm³/mol. The van der Waals surface area contributed by atoms with Gasteiger partial charge in [-0.3, -0.25) is 19.4 Å². The van der Waals surface area contributed by atoms with Crippen molar-refractivity contribution in [3.63, 3.8) is 0 Å². The summed E-state index contributed by atoms with van der Waals surface area (Å²) in [4.78, 5) is 51.0. The molecule has 14 nitrogen and oxygen atoms in total. The third-order valence-electron chi connectivity index (χ3n) is 8.39. The van der Waals surface area contributed by atoms with E-state index in [4.69, 9.17) is 18.0 Å². The molecule has 0 saturated carbocycles. The summed E-state index contributed by atoms with van der Waals surface area (Å²) in [7, 11) is 4.26. The van der Waals surface area contributed by atoms with Gasteiger partial charge in [-0.2, -0.15) is 0 Å². The monoisotopic (exact) mass is 689 g/mol. The van der Waals surface area contributed by atoms with Crippen molar-refractivity contribution in [2.45, 2.75) is 59.5 Å². The lowest BCUT2D eigenvalue weighted by Gasteiger charge is -2.36. The average Bonchev–Trinajstić information content (AvgIpc) is 3.04. The number of carbonyl (C=O) groups excluding carboxylic acids is 3. The predicted octanol–water partition coefficient (Wildman–Crippen LogP) is 1.35. The van der Waals surface area contributed by atoms with Gasteiger partial charge in [-0.25, -0.2) is 4.79 Å². The minimum atomic E-state index is -2.79. The van der Waals surface area contributed by atoms with Crippen molar-refractivity contribution in [1.29, 1.82) is 0 Å². The Bertz CT molecular complexity index is 870. The zero-order valence-electron chi connectivity index (χ0n) is 31.1. The number of nitrogens with one attached hydrogen (secondary N) is 1. The fraction of sp³-hybridized carbons (Fsp3) is 0.906. The first-order valence-corrected chi connectivity index (χ1v) is 19.5. The molecule has 1 aliphatic rings. The molecule has 1 N–H and O–H groups in total. The second-order valence-corrected chi connectivity index (χ2v) is 15.0. The topological polar surface area (TPSA) is 120 Å². The molecule has 3 amide bonds. The summed E-state index contributed by atoms with van der Waals surface area (Å²) in [5.41, 5.74) is 0. The van der Waals surface area contributed by atoms with Gasteiger partial charge in [-0.15, -0.1) is 0 Å². The molecular weight excluding hydrogens is 622 g/mol. The Hall–Kier alpha value is -1.85. The Labute approximate surface area is 286 Å². The number of nitrogens with zero attached hydrogens (tertiary/aromatic N) is 6. The molecule has 47 heavy (non-hydrogen) atoms. The second kappa shape index (κ2) is 24.3. The Balaban J connectivity index is 3.11. The van der Waals surface area contributed by atoms with E-state index in [0.29, 0.717) is 65.0 Å². The van der Waals surface area contributed by atoms with Crippen LogP contribution in [0, 0.1) is 0 Å². The first-order chi connectivity index (χ1) is 22.4. The molecule has 0 spiro atoms. The van der Waals surface area contributed by atoms with E-state index in [1.165, 1.54) is 0 Å². The lowest BCUT2D eigenvalue weighted by atomic mass is 10.2. The molecule has 0 aliphatic carbocycles. The zero-order chi connectivity index (χ0) is 35.2. The van der Waals surface area contributed by atoms with Gasteiger partial charge >= 0.3 is 14.9 Å². The summed E-state index contributed by atoms with van der Waals surface area (Å²) < 4.78 is 23.6. The lowest BCUT2D eigenvalue weighted by Crippen LogP contribution is -2.53. The minimum absolute atomic E-state index is 0.0227. The van der Waals surface area contributed by atoms with Crippen LogP contribution in [0.4, 0.5) is 4.79 Å². The van der Waals surface area contributed by atoms with E-state index in [-0.39, 0.29) is 31.0 Å². The van der Waals surface area contributed by atoms with E-state index in [1.807, 2.05) is 20.8 Å². The highest BCUT2D eigenvalue weighted by Gasteiger charge is 2.39. The maximum atomic E-state index is 13.0. The molecule has 1 rings (SSSR count). The number of rotatable bonds is 18. The molecule has 15 heteroatoms. The lowest BCUT2D eigenvalue weighted by molar-refractivity contribution is -0.132. The molecule has 0 aromatic heterocycles. The highest BCUT2D eigenvalue weighted by molar-refractivity contribution is 6.60. The number of ether oxygens (including phenoxy) is 1. The Kier molecular flexibility index (Phi) is 22.3. The standard InChI is InChI=1S/C32H67N7O7Si/c1-10-36-18-16-19-38(26-30(40)34(6)7)22-23-39(27-31(41)35(8)9)29(25-37(11-2)21-20-36)28-43-32(42)33-17-15-24-47(44-12-3,45-13-4)46-14-5/h29H,10-28H2,1-9H3,(H,33,42). The smallest absolute Gasteiger partial charge is 0.448 e. The van der Waals surface area contributed by atoms with E-state index in [9.17, 15) is 14.4 Å². The maximum Gasteiger partial charge on any atom is 0.500 e. The first kappa shape index (κ1) is 43.2. The van der Waals surface area contributed by atoms with Crippen LogP contribution in [0.5, 0.6) is 0 Å². The molecule has 0 aromatic rings. The summed E-state index contributed by atoms with van der Waals surface area (Å²) in [5, 5.41) is 2.88. The summed E-state index contributed by atoms with van der Waals surface area (Å²) in [6, 6.07) is 0.375. The number of alkyl carbamates (subject to hydrolysis) is 1. The van der Waals surface area contributed by atoms with Crippen LogP contribution in [0.1, 0.15) is 47.5 Å². The Morgan fingerprint density at radius 3 is 1.81 bits per heavy atom. The van der Waals surface area contributed by atoms with Crippen LogP contribution in [0.25, 0.3) is 0 Å². The molecule has 1 aliphatic heterocycles. The van der Waals surface area contributed by atoms with Crippen LogP contribution >= 0.6 is 0 Å². The van der Waals surface area contributed by atoms with Crippen molar-refractivity contribution in [2.24, 2.45) is 0 Å². The largest absolute Gasteiger partial charge is 0.500 e. The van der Waals surface area contributed by atoms with Crippen LogP contribution < -0.4 is 5.32 Å². The Morgan fingerprint density at radius 2 is 1.26 bits per heavy atom. The van der Waals surface area contributed by atoms with Crippen LogP contribution in [-0.4, -0.2) is 195 Å². The van der Waals surface area contributed by atoms with Gasteiger partial charge in [0.15, 0.2) is 0 Å². The molecule has 0 bridgehead atoms. The van der Waals surface area contributed by atoms with Gasteiger partial charge in [-0.05, 0) is 59.8 Å². The number of carbonyl (C=O) groups is 3. The van der Waals surface area contributed by atoms with Gasteiger partial charge in [0.25, 0.3) is 0 Å². The summed E-state index contributed by atoms with van der Waals surface area (Å²) in [5.74, 6) is 0.0282. The zero-order valence-corrected chi connectivity index (χ0v) is 32.1. The highest BCUT2D eigenvalue weighted by Crippen LogP contribution is 2.18. The van der Waals surface area contributed by atoms with Crippen LogP contribution in [0.15, 0.2) is 0 Å². The number of hydrogen-bond donors (Lipinski definition) is 1. The van der Waals surface area contributed by atoms with Crippen LogP contribution in [-0.2, 0) is 27.6 Å². The van der Waals surface area contributed by atoms with Crippen molar-refractivity contribution in [3.05, 3.63) is 0 Å². The first-order valence-electron chi connectivity index (χ1n) is 17.6. The Morgan fingerprint density at radius 1 is 0.723 bits per heavy atom. The summed E-state index contributed by atoms with van der Waals surface area (Å²) in [6.07, 6.45) is 1.09. The molecule has 1 saturated heterocycles. The summed E-state index contributed by atoms with van der Waals surface area (Å²) >= 11 is 0. The SMILES string of the molecule is CCO[Si](CCCNC(=O)OCC1CN(CC)CCN(CC)CCCN(CC(=O)N(C)C)CCN1CC(=O)N(C)C)(OCC)OCC. The average molecular weight is 690 g/mol. The molecular formula is C32H67N7O7Si. The van der Waals surface area contributed by atoms with Gasteiger partial charge in [0.1, 0.15) is 6.61 Å². The maximum absolute atomic E-state index is 13.0. The van der Waals surface area contributed by atoms with Gasteiger partial charge in [0.05, 0.1) is 19.1 Å². The quantitative estimate of drug-likeness (QED) is 0.166. The second-order valence-electron chi connectivity index (χ2n) is 12.3. The number of amides is 3.